The Bertz CT molecular complexity index is 301. The van der Waals surface area contributed by atoms with E-state index in [1.54, 1.807) is 0 Å². The van der Waals surface area contributed by atoms with Crippen molar-refractivity contribution >= 4 is 5.69 Å². The summed E-state index contributed by atoms with van der Waals surface area (Å²) in [5.74, 6) is 0. The maximum Gasteiger partial charge on any atom is 0.0368 e. The van der Waals surface area contributed by atoms with Crippen molar-refractivity contribution in [3.63, 3.8) is 0 Å². The maximum absolute atomic E-state index is 5.64. The molecule has 0 aromatic heterocycles. The van der Waals surface area contributed by atoms with Crippen LogP contribution in [-0.2, 0) is 0 Å². The first-order valence-corrected chi connectivity index (χ1v) is 6.76. The molecule has 0 bridgehead atoms. The standard InChI is InChI=1S/C15H26N2/c1-4-14(5-2)17(12-6-11-16)15-9-7-13(3)8-10-15/h7-10,14H,4-6,11-12,16H2,1-3H3. The van der Waals surface area contributed by atoms with Crippen LogP contribution in [0, 0.1) is 6.92 Å². The zero-order valence-corrected chi connectivity index (χ0v) is 11.4. The van der Waals surface area contributed by atoms with Crippen LogP contribution in [0.1, 0.15) is 38.7 Å². The third-order valence-corrected chi connectivity index (χ3v) is 3.35. The minimum absolute atomic E-state index is 0.629. The lowest BCUT2D eigenvalue weighted by molar-refractivity contribution is 0.548. The van der Waals surface area contributed by atoms with E-state index in [2.05, 4.69) is 49.9 Å². The Morgan fingerprint density at radius 3 is 2.18 bits per heavy atom. The fourth-order valence-electron chi connectivity index (χ4n) is 2.25. The Kier molecular flexibility index (Phi) is 6.06. The smallest absolute Gasteiger partial charge is 0.0368 e. The number of nitrogens with zero attached hydrogens (tertiary/aromatic N) is 1. The lowest BCUT2D eigenvalue weighted by Gasteiger charge is -2.32. The van der Waals surface area contributed by atoms with Gasteiger partial charge in [0.05, 0.1) is 0 Å². The van der Waals surface area contributed by atoms with E-state index in [4.69, 9.17) is 5.73 Å². The Hall–Kier alpha value is -1.02. The minimum atomic E-state index is 0.629. The van der Waals surface area contributed by atoms with Gasteiger partial charge < -0.3 is 10.6 Å². The van der Waals surface area contributed by atoms with Gasteiger partial charge in [-0.2, -0.15) is 0 Å². The van der Waals surface area contributed by atoms with Crippen molar-refractivity contribution in [2.75, 3.05) is 18.0 Å². The van der Waals surface area contributed by atoms with Crippen LogP contribution in [0.2, 0.25) is 0 Å². The molecule has 0 atom stereocenters. The molecule has 0 saturated carbocycles. The second-order valence-corrected chi connectivity index (χ2v) is 4.64. The van der Waals surface area contributed by atoms with E-state index in [1.807, 2.05) is 0 Å². The summed E-state index contributed by atoms with van der Waals surface area (Å²) in [7, 11) is 0. The van der Waals surface area contributed by atoms with Gasteiger partial charge in [0.25, 0.3) is 0 Å². The summed E-state index contributed by atoms with van der Waals surface area (Å²) >= 11 is 0. The quantitative estimate of drug-likeness (QED) is 0.784. The van der Waals surface area contributed by atoms with Crippen molar-refractivity contribution in [3.05, 3.63) is 29.8 Å². The zero-order valence-electron chi connectivity index (χ0n) is 11.4. The van der Waals surface area contributed by atoms with Gasteiger partial charge in [0, 0.05) is 18.3 Å². The molecule has 2 nitrogen and oxygen atoms in total. The molecule has 2 N–H and O–H groups in total. The van der Waals surface area contributed by atoms with Crippen LogP contribution in [0.3, 0.4) is 0 Å². The van der Waals surface area contributed by atoms with E-state index >= 15 is 0 Å². The van der Waals surface area contributed by atoms with Crippen LogP contribution in [-0.4, -0.2) is 19.1 Å². The fraction of sp³-hybridized carbons (Fsp3) is 0.600. The summed E-state index contributed by atoms with van der Waals surface area (Å²) in [6.07, 6.45) is 3.44. The molecule has 0 aliphatic heterocycles. The third kappa shape index (κ3) is 4.04. The largest absolute Gasteiger partial charge is 0.369 e. The Morgan fingerprint density at radius 2 is 1.71 bits per heavy atom. The van der Waals surface area contributed by atoms with Crippen molar-refractivity contribution in [3.8, 4) is 0 Å². The normalized spacial score (nSPS) is 10.9. The lowest BCUT2D eigenvalue weighted by atomic mass is 10.1. The van der Waals surface area contributed by atoms with Crippen molar-refractivity contribution in [1.82, 2.24) is 0 Å². The summed E-state index contributed by atoms with van der Waals surface area (Å²) in [6.45, 7) is 8.48. The first-order chi connectivity index (χ1) is 8.22. The maximum atomic E-state index is 5.64. The zero-order chi connectivity index (χ0) is 12.7. The monoisotopic (exact) mass is 234 g/mol. The summed E-state index contributed by atoms with van der Waals surface area (Å²) in [4.78, 5) is 2.51. The molecule has 1 aromatic carbocycles. The molecule has 0 amide bonds. The number of aryl methyl sites for hydroxylation is 1. The van der Waals surface area contributed by atoms with Gasteiger partial charge in [0.15, 0.2) is 0 Å². The van der Waals surface area contributed by atoms with Gasteiger partial charge in [-0.1, -0.05) is 31.5 Å². The number of hydrogen-bond donors (Lipinski definition) is 1. The van der Waals surface area contributed by atoms with Gasteiger partial charge >= 0.3 is 0 Å². The molecule has 2 heteroatoms. The fourth-order valence-corrected chi connectivity index (χ4v) is 2.25. The van der Waals surface area contributed by atoms with E-state index in [9.17, 15) is 0 Å². The predicted molar refractivity (Wildman–Crippen MR) is 76.6 cm³/mol. The molecule has 96 valence electrons. The van der Waals surface area contributed by atoms with Crippen LogP contribution in [0.25, 0.3) is 0 Å². The molecule has 0 unspecified atom stereocenters. The van der Waals surface area contributed by atoms with Gasteiger partial charge in [-0.05, 0) is 44.9 Å². The number of hydrogen-bond acceptors (Lipinski definition) is 2. The highest BCUT2D eigenvalue weighted by Gasteiger charge is 2.14. The Morgan fingerprint density at radius 1 is 1.12 bits per heavy atom. The van der Waals surface area contributed by atoms with E-state index in [-0.39, 0.29) is 0 Å². The van der Waals surface area contributed by atoms with Gasteiger partial charge in [-0.25, -0.2) is 0 Å². The van der Waals surface area contributed by atoms with E-state index < -0.39 is 0 Å². The summed E-state index contributed by atoms with van der Waals surface area (Å²) in [6, 6.07) is 9.46. The molecule has 0 aliphatic carbocycles. The number of nitrogens with two attached hydrogens (primary N) is 1. The molecule has 0 fully saturated rings. The average Bonchev–Trinajstić information content (AvgIpc) is 2.36. The average molecular weight is 234 g/mol. The second-order valence-electron chi connectivity index (χ2n) is 4.64. The van der Waals surface area contributed by atoms with Gasteiger partial charge in [0.2, 0.25) is 0 Å². The predicted octanol–water partition coefficient (Wildman–Crippen LogP) is 3.34. The second kappa shape index (κ2) is 7.33. The topological polar surface area (TPSA) is 29.3 Å². The van der Waals surface area contributed by atoms with Crippen LogP contribution >= 0.6 is 0 Å². The molecule has 0 aliphatic rings. The molecule has 0 radical (unpaired) electrons. The number of benzene rings is 1. The SMILES string of the molecule is CCC(CC)N(CCCN)c1ccc(C)cc1. The van der Waals surface area contributed by atoms with Gasteiger partial charge in [0.1, 0.15) is 0 Å². The minimum Gasteiger partial charge on any atom is -0.369 e. The van der Waals surface area contributed by atoms with Crippen LogP contribution in [0.5, 0.6) is 0 Å². The summed E-state index contributed by atoms with van der Waals surface area (Å²) in [5.41, 5.74) is 8.28. The molecule has 0 heterocycles. The third-order valence-electron chi connectivity index (χ3n) is 3.35. The highest BCUT2D eigenvalue weighted by Crippen LogP contribution is 2.21. The van der Waals surface area contributed by atoms with E-state index in [1.165, 1.54) is 24.1 Å². The van der Waals surface area contributed by atoms with Gasteiger partial charge in [-0.3, -0.25) is 0 Å². The molecule has 17 heavy (non-hydrogen) atoms. The molecule has 1 aromatic rings. The first kappa shape index (κ1) is 14.0. The summed E-state index contributed by atoms with van der Waals surface area (Å²) < 4.78 is 0. The summed E-state index contributed by atoms with van der Waals surface area (Å²) in [5, 5.41) is 0. The van der Waals surface area contributed by atoms with Crippen LogP contribution in [0.15, 0.2) is 24.3 Å². The van der Waals surface area contributed by atoms with Crippen molar-refractivity contribution in [2.45, 2.75) is 46.1 Å². The van der Waals surface area contributed by atoms with Crippen LogP contribution in [0.4, 0.5) is 5.69 Å². The van der Waals surface area contributed by atoms with Crippen LogP contribution < -0.4 is 10.6 Å². The molecule has 0 saturated heterocycles. The molecule has 0 spiro atoms. The number of rotatable bonds is 7. The first-order valence-electron chi connectivity index (χ1n) is 6.76. The van der Waals surface area contributed by atoms with Gasteiger partial charge in [-0.15, -0.1) is 0 Å². The highest BCUT2D eigenvalue weighted by atomic mass is 15.2. The van der Waals surface area contributed by atoms with Crippen molar-refractivity contribution < 1.29 is 0 Å². The number of anilines is 1. The van der Waals surface area contributed by atoms with E-state index in [0.717, 1.165) is 19.5 Å². The van der Waals surface area contributed by atoms with E-state index in [0.29, 0.717) is 6.04 Å². The highest BCUT2D eigenvalue weighted by molar-refractivity contribution is 5.48. The molecular weight excluding hydrogens is 208 g/mol. The Labute approximate surface area is 106 Å². The Balaban J connectivity index is 2.84. The van der Waals surface area contributed by atoms with Crippen molar-refractivity contribution in [2.24, 2.45) is 5.73 Å². The lowest BCUT2D eigenvalue weighted by Crippen LogP contribution is -2.36. The van der Waals surface area contributed by atoms with Crippen molar-refractivity contribution in [1.29, 1.82) is 0 Å². The molecular formula is C15H26N2. The molecule has 1 rings (SSSR count).